The molecule has 1 aromatic carbocycles. The lowest BCUT2D eigenvalue weighted by Gasteiger charge is -2.30. The van der Waals surface area contributed by atoms with Gasteiger partial charge in [-0.1, -0.05) is 53.5 Å². The van der Waals surface area contributed by atoms with Gasteiger partial charge >= 0.3 is 0 Å². The first-order chi connectivity index (χ1) is 6.42. The van der Waals surface area contributed by atoms with E-state index in [0.717, 1.165) is 0 Å². The van der Waals surface area contributed by atoms with Gasteiger partial charge in [-0.25, -0.2) is 0 Å². The Kier molecular flexibility index (Phi) is 3.06. The van der Waals surface area contributed by atoms with Crippen molar-refractivity contribution in [1.82, 2.24) is 0 Å². The smallest absolute Gasteiger partial charge is 0.235 e. The molecular formula is C10H9Cl2NO. The zero-order valence-corrected chi connectivity index (χ0v) is 9.05. The fourth-order valence-corrected chi connectivity index (χ4v) is 1.27. The van der Waals surface area contributed by atoms with E-state index in [2.05, 4.69) is 0 Å². The molecule has 1 aromatic rings. The maximum absolute atomic E-state index is 10.0. The van der Waals surface area contributed by atoms with Gasteiger partial charge in [0.05, 0.1) is 0 Å². The fraction of sp³-hybridized carbons (Fsp3) is 0.300. The summed E-state index contributed by atoms with van der Waals surface area (Å²) >= 11 is 11.4. The summed E-state index contributed by atoms with van der Waals surface area (Å²) in [6.45, 7) is 1.41. The molecule has 1 N–H and O–H groups in total. The number of rotatable bonds is 2. The summed E-state index contributed by atoms with van der Waals surface area (Å²) in [6, 6.07) is 10.3. The van der Waals surface area contributed by atoms with E-state index in [1.54, 1.807) is 36.4 Å². The molecule has 0 saturated carbocycles. The molecule has 0 fully saturated rings. The van der Waals surface area contributed by atoms with Crippen molar-refractivity contribution in [2.24, 2.45) is 0 Å². The number of nitriles is 1. The van der Waals surface area contributed by atoms with E-state index in [4.69, 9.17) is 28.5 Å². The number of hydrogen-bond acceptors (Lipinski definition) is 2. The molecule has 0 radical (unpaired) electrons. The Hall–Kier alpha value is -0.750. The van der Waals surface area contributed by atoms with E-state index in [9.17, 15) is 5.11 Å². The molecule has 0 aromatic heterocycles. The van der Waals surface area contributed by atoms with Crippen LogP contribution in [0.5, 0.6) is 0 Å². The molecule has 0 aliphatic rings. The van der Waals surface area contributed by atoms with Crippen molar-refractivity contribution >= 4 is 23.2 Å². The van der Waals surface area contributed by atoms with Crippen LogP contribution >= 0.6 is 23.2 Å². The van der Waals surface area contributed by atoms with Crippen LogP contribution in [0.2, 0.25) is 0 Å². The van der Waals surface area contributed by atoms with Gasteiger partial charge in [-0.2, -0.15) is 5.26 Å². The van der Waals surface area contributed by atoms with Crippen LogP contribution in [0.3, 0.4) is 0 Å². The normalized spacial score (nSPS) is 15.6. The molecule has 0 aliphatic heterocycles. The van der Waals surface area contributed by atoms with E-state index in [-0.39, 0.29) is 0 Å². The van der Waals surface area contributed by atoms with Crippen LogP contribution in [-0.2, 0) is 5.60 Å². The minimum atomic E-state index is -1.85. The maximum atomic E-state index is 10.0. The highest BCUT2D eigenvalue weighted by atomic mass is 35.5. The van der Waals surface area contributed by atoms with Crippen molar-refractivity contribution in [3.63, 3.8) is 0 Å². The second kappa shape index (κ2) is 3.78. The summed E-state index contributed by atoms with van der Waals surface area (Å²) in [5, 5.41) is 18.7. The molecule has 1 unspecified atom stereocenters. The third-order valence-electron chi connectivity index (χ3n) is 2.09. The summed E-state index contributed by atoms with van der Waals surface area (Å²) in [6.07, 6.45) is 0. The van der Waals surface area contributed by atoms with Crippen molar-refractivity contribution in [2.75, 3.05) is 0 Å². The lowest BCUT2D eigenvalue weighted by atomic mass is 9.92. The second-order valence-electron chi connectivity index (χ2n) is 3.12. The summed E-state index contributed by atoms with van der Waals surface area (Å²) in [5.41, 5.74) is -1.09. The van der Waals surface area contributed by atoms with Crippen LogP contribution in [0, 0.1) is 11.3 Å². The molecule has 4 heteroatoms. The Bertz CT molecular complexity index is 354. The van der Waals surface area contributed by atoms with Crippen LogP contribution in [0.25, 0.3) is 0 Å². The van der Waals surface area contributed by atoms with Crippen LogP contribution in [0.4, 0.5) is 0 Å². The molecule has 0 aliphatic carbocycles. The van der Waals surface area contributed by atoms with Gasteiger partial charge in [0.25, 0.3) is 0 Å². The first-order valence-electron chi connectivity index (χ1n) is 3.99. The average molecular weight is 230 g/mol. The molecule has 0 bridgehead atoms. The summed E-state index contributed by atoms with van der Waals surface area (Å²) < 4.78 is -1.85. The standard InChI is InChI=1S/C10H9Cl2NO/c1-9(14,10(11,12)7-13)8-5-3-2-4-6-8/h2-6,14H,1H3. The topological polar surface area (TPSA) is 44.0 Å². The molecular weight excluding hydrogens is 221 g/mol. The highest BCUT2D eigenvalue weighted by molar-refractivity contribution is 6.51. The fourth-order valence-electron chi connectivity index (χ4n) is 1.05. The number of hydrogen-bond donors (Lipinski definition) is 1. The third kappa shape index (κ3) is 1.85. The number of aliphatic hydroxyl groups is 1. The third-order valence-corrected chi connectivity index (χ3v) is 2.99. The molecule has 1 atom stereocenters. The minimum Gasteiger partial charge on any atom is -0.381 e. The molecule has 1 rings (SSSR count). The first kappa shape index (κ1) is 11.3. The Balaban J connectivity index is 3.16. The van der Waals surface area contributed by atoms with Crippen molar-refractivity contribution in [2.45, 2.75) is 16.9 Å². The van der Waals surface area contributed by atoms with E-state index < -0.39 is 9.93 Å². The van der Waals surface area contributed by atoms with Gasteiger partial charge in [0.2, 0.25) is 4.33 Å². The van der Waals surface area contributed by atoms with Crippen LogP contribution in [0.15, 0.2) is 30.3 Å². The molecule has 14 heavy (non-hydrogen) atoms. The average Bonchev–Trinajstić information content (AvgIpc) is 2.19. The molecule has 0 saturated heterocycles. The Morgan fingerprint density at radius 1 is 1.29 bits per heavy atom. The zero-order chi connectivity index (χ0) is 10.8. The van der Waals surface area contributed by atoms with E-state index in [0.29, 0.717) is 5.56 Å². The van der Waals surface area contributed by atoms with Crippen molar-refractivity contribution in [3.8, 4) is 6.07 Å². The monoisotopic (exact) mass is 229 g/mol. The van der Waals surface area contributed by atoms with Gasteiger partial charge in [0.15, 0.2) is 0 Å². The second-order valence-corrected chi connectivity index (χ2v) is 4.45. The molecule has 2 nitrogen and oxygen atoms in total. The van der Waals surface area contributed by atoms with Gasteiger partial charge in [-0.05, 0) is 12.5 Å². The predicted molar refractivity (Wildman–Crippen MR) is 56.1 cm³/mol. The van der Waals surface area contributed by atoms with Crippen LogP contribution < -0.4 is 0 Å². The highest BCUT2D eigenvalue weighted by Crippen LogP contribution is 2.40. The Morgan fingerprint density at radius 2 is 1.79 bits per heavy atom. The molecule has 0 spiro atoms. The maximum Gasteiger partial charge on any atom is 0.235 e. The van der Waals surface area contributed by atoms with E-state index >= 15 is 0 Å². The molecule has 0 amide bonds. The number of nitrogens with zero attached hydrogens (tertiary/aromatic N) is 1. The molecule has 74 valence electrons. The number of benzene rings is 1. The van der Waals surface area contributed by atoms with Gasteiger partial charge in [-0.15, -0.1) is 0 Å². The van der Waals surface area contributed by atoms with Crippen molar-refractivity contribution in [1.29, 1.82) is 5.26 Å². The Labute approximate surface area is 92.7 Å². The van der Waals surface area contributed by atoms with Gasteiger partial charge in [-0.3, -0.25) is 0 Å². The van der Waals surface area contributed by atoms with Crippen molar-refractivity contribution < 1.29 is 5.11 Å². The van der Waals surface area contributed by atoms with Gasteiger partial charge in [0, 0.05) is 0 Å². The lowest BCUT2D eigenvalue weighted by molar-refractivity contribution is 0.0543. The first-order valence-corrected chi connectivity index (χ1v) is 4.74. The quantitative estimate of drug-likeness (QED) is 0.793. The zero-order valence-electron chi connectivity index (χ0n) is 7.54. The van der Waals surface area contributed by atoms with Crippen LogP contribution in [-0.4, -0.2) is 9.44 Å². The molecule has 0 heterocycles. The highest BCUT2D eigenvalue weighted by Gasteiger charge is 2.46. The SMILES string of the molecule is CC(O)(c1ccccc1)C(Cl)(Cl)C#N. The Morgan fingerprint density at radius 3 is 2.21 bits per heavy atom. The van der Waals surface area contributed by atoms with E-state index in [1.807, 2.05) is 0 Å². The van der Waals surface area contributed by atoms with Crippen LogP contribution in [0.1, 0.15) is 12.5 Å². The van der Waals surface area contributed by atoms with Gasteiger partial charge < -0.3 is 5.11 Å². The number of alkyl halides is 2. The predicted octanol–water partition coefficient (Wildman–Crippen LogP) is 2.59. The minimum absolute atomic E-state index is 0.506. The van der Waals surface area contributed by atoms with Gasteiger partial charge in [0.1, 0.15) is 11.7 Å². The summed E-state index contributed by atoms with van der Waals surface area (Å²) in [4.78, 5) is 0. The van der Waals surface area contributed by atoms with Crippen molar-refractivity contribution in [3.05, 3.63) is 35.9 Å². The number of halogens is 2. The summed E-state index contributed by atoms with van der Waals surface area (Å²) in [5.74, 6) is 0. The largest absolute Gasteiger partial charge is 0.381 e. The van der Waals surface area contributed by atoms with E-state index in [1.165, 1.54) is 6.92 Å². The lowest BCUT2D eigenvalue weighted by Crippen LogP contribution is -2.39. The summed E-state index contributed by atoms with van der Waals surface area (Å²) in [7, 11) is 0.